The molecule has 6 radical (unpaired) electrons. The second kappa shape index (κ2) is 12.9. The molecular formula is C27H27B3N8O4S. The molecule has 1 saturated carbocycles. The zero-order chi connectivity index (χ0) is 30.6. The molecule has 43 heavy (non-hydrogen) atoms. The zero-order valence-electron chi connectivity index (χ0n) is 23.3. The van der Waals surface area contributed by atoms with Crippen LogP contribution in [0.4, 0.5) is 17.2 Å². The standard InChI is InChI=1S/C27H27B3N8O4S/c1-42-22-16(26-33-13-19(43-26)24(40)32-12-14-7-9-31-10-8-14)3-2-4-17(22)34-18-11-20(35-23(39)15-5-6-15)37-38-21(18)25(41)36-27(28,29)30/h2-4,7,9,11,13-15,31H,5-6,8,10,12H2,1H3,(H,32,40)(H,36,41)(H2,34,35,37,39). The molecule has 1 aliphatic heterocycles. The average molecular weight is 592 g/mol. The van der Waals surface area contributed by atoms with Gasteiger partial charge in [0.25, 0.3) is 11.8 Å². The third-order valence-corrected chi connectivity index (χ3v) is 7.69. The zero-order valence-corrected chi connectivity index (χ0v) is 24.2. The summed E-state index contributed by atoms with van der Waals surface area (Å²) < 4.78 is 5.74. The maximum absolute atomic E-state index is 12.9. The number of carbonyl (C=O) groups is 3. The largest absolute Gasteiger partial charge is 0.494 e. The Hall–Kier alpha value is -4.33. The van der Waals surface area contributed by atoms with Crippen LogP contribution >= 0.6 is 11.3 Å². The van der Waals surface area contributed by atoms with Gasteiger partial charge in [-0.05, 0) is 43.5 Å². The first kappa shape index (κ1) is 30.1. The molecule has 0 spiro atoms. The highest BCUT2D eigenvalue weighted by Crippen LogP contribution is 2.40. The molecule has 1 aromatic carbocycles. The number of nitrogens with zero attached hydrogens (tertiary/aromatic N) is 3. The van der Waals surface area contributed by atoms with E-state index in [9.17, 15) is 14.4 Å². The molecule has 1 fully saturated rings. The van der Waals surface area contributed by atoms with Crippen molar-refractivity contribution in [2.24, 2.45) is 11.8 Å². The fourth-order valence-electron chi connectivity index (χ4n) is 4.35. The molecule has 214 valence electrons. The van der Waals surface area contributed by atoms with Crippen LogP contribution in [0.1, 0.15) is 39.4 Å². The first-order valence-electron chi connectivity index (χ1n) is 13.6. The van der Waals surface area contributed by atoms with Crippen LogP contribution in [0.5, 0.6) is 5.75 Å². The highest BCUT2D eigenvalue weighted by Gasteiger charge is 2.30. The van der Waals surface area contributed by atoms with E-state index in [0.717, 1.165) is 25.8 Å². The van der Waals surface area contributed by atoms with Crippen molar-refractivity contribution in [3.8, 4) is 16.3 Å². The smallest absolute Gasteiger partial charge is 0.272 e. The molecular weight excluding hydrogens is 565 g/mol. The lowest BCUT2D eigenvalue weighted by Gasteiger charge is -2.23. The molecule has 16 heteroatoms. The van der Waals surface area contributed by atoms with Crippen molar-refractivity contribution in [3.05, 3.63) is 53.3 Å². The third-order valence-electron chi connectivity index (χ3n) is 6.66. The second-order valence-electron chi connectivity index (χ2n) is 10.3. The van der Waals surface area contributed by atoms with E-state index >= 15 is 0 Å². The van der Waals surface area contributed by atoms with Gasteiger partial charge < -0.3 is 31.3 Å². The van der Waals surface area contributed by atoms with Crippen molar-refractivity contribution < 1.29 is 19.1 Å². The Morgan fingerprint density at radius 3 is 2.63 bits per heavy atom. The van der Waals surface area contributed by atoms with Gasteiger partial charge in [0.15, 0.2) is 17.3 Å². The predicted molar refractivity (Wildman–Crippen MR) is 166 cm³/mol. The Morgan fingerprint density at radius 2 is 1.93 bits per heavy atom. The van der Waals surface area contributed by atoms with Gasteiger partial charge in [-0.25, -0.2) is 4.98 Å². The summed E-state index contributed by atoms with van der Waals surface area (Å²) in [4.78, 5) is 43.0. The summed E-state index contributed by atoms with van der Waals surface area (Å²) in [6, 6.07) is 6.75. The summed E-state index contributed by atoms with van der Waals surface area (Å²) in [7, 11) is 18.2. The number of para-hydroxylation sites is 1. The fraction of sp³-hybridized carbons (Fsp3) is 0.333. The van der Waals surface area contributed by atoms with E-state index in [-0.39, 0.29) is 40.8 Å². The lowest BCUT2D eigenvalue weighted by Crippen LogP contribution is -2.50. The number of anilines is 3. The number of amides is 3. The molecule has 0 saturated heterocycles. The highest BCUT2D eigenvalue weighted by molar-refractivity contribution is 7.17. The monoisotopic (exact) mass is 592 g/mol. The summed E-state index contributed by atoms with van der Waals surface area (Å²) in [6.45, 7) is 1.41. The van der Waals surface area contributed by atoms with Gasteiger partial charge in [0.2, 0.25) is 5.91 Å². The van der Waals surface area contributed by atoms with Crippen LogP contribution < -0.4 is 31.3 Å². The van der Waals surface area contributed by atoms with Gasteiger partial charge in [0.05, 0.1) is 53.8 Å². The first-order chi connectivity index (χ1) is 20.6. The number of nitrogens with one attached hydrogen (secondary N) is 5. The lowest BCUT2D eigenvalue weighted by molar-refractivity contribution is -0.117. The van der Waals surface area contributed by atoms with Crippen LogP contribution in [0, 0.1) is 11.8 Å². The number of carbonyl (C=O) groups excluding carboxylic acids is 3. The number of thiazole rings is 1. The molecule has 5 rings (SSSR count). The summed E-state index contributed by atoms with van der Waals surface area (Å²) in [5, 5.41) is 20.7. The van der Waals surface area contributed by atoms with Gasteiger partial charge >= 0.3 is 0 Å². The quantitative estimate of drug-likeness (QED) is 0.208. The number of benzene rings is 1. The fourth-order valence-corrected chi connectivity index (χ4v) is 5.21. The van der Waals surface area contributed by atoms with E-state index in [4.69, 9.17) is 28.3 Å². The molecule has 2 aliphatic rings. The molecule has 3 heterocycles. The van der Waals surface area contributed by atoms with Crippen molar-refractivity contribution in [1.82, 2.24) is 31.1 Å². The summed E-state index contributed by atoms with van der Waals surface area (Å²) in [5.74, 6) is -0.460. The predicted octanol–water partition coefficient (Wildman–Crippen LogP) is 1.40. The van der Waals surface area contributed by atoms with Crippen molar-refractivity contribution in [1.29, 1.82) is 0 Å². The van der Waals surface area contributed by atoms with E-state index in [1.54, 1.807) is 18.2 Å². The number of hydrogen-bond acceptors (Lipinski definition) is 10. The van der Waals surface area contributed by atoms with Crippen LogP contribution in [-0.4, -0.2) is 81.9 Å². The van der Waals surface area contributed by atoms with E-state index in [2.05, 4.69) is 41.8 Å². The Labute approximate surface area is 256 Å². The number of rotatable bonds is 11. The maximum Gasteiger partial charge on any atom is 0.272 e. The number of ether oxygens (including phenoxy) is 1. The number of methoxy groups -OCH3 is 1. The Morgan fingerprint density at radius 1 is 1.12 bits per heavy atom. The highest BCUT2D eigenvalue weighted by atomic mass is 32.1. The first-order valence-corrected chi connectivity index (χ1v) is 14.4. The topological polar surface area (TPSA) is 159 Å². The van der Waals surface area contributed by atoms with Crippen LogP contribution in [0.25, 0.3) is 10.6 Å². The molecule has 1 unspecified atom stereocenters. The van der Waals surface area contributed by atoms with Gasteiger partial charge in [0.1, 0.15) is 9.88 Å². The Balaban J connectivity index is 1.40. The van der Waals surface area contributed by atoms with Crippen molar-refractivity contribution >= 4 is 69.8 Å². The van der Waals surface area contributed by atoms with Crippen molar-refractivity contribution in [2.45, 2.75) is 24.5 Å². The van der Waals surface area contributed by atoms with Crippen LogP contribution in [0.15, 0.2) is 42.7 Å². The maximum atomic E-state index is 12.9. The molecule has 1 atom stereocenters. The lowest BCUT2D eigenvalue weighted by atomic mass is 9.49. The summed E-state index contributed by atoms with van der Waals surface area (Å²) in [6.07, 6.45) is 8.02. The molecule has 0 bridgehead atoms. The van der Waals surface area contributed by atoms with E-state index < -0.39 is 11.1 Å². The van der Waals surface area contributed by atoms with Gasteiger partial charge in [0, 0.05) is 25.1 Å². The molecule has 12 nitrogen and oxygen atoms in total. The number of hydrogen-bond donors (Lipinski definition) is 5. The van der Waals surface area contributed by atoms with Gasteiger partial charge in [-0.3, -0.25) is 14.4 Å². The van der Waals surface area contributed by atoms with Crippen molar-refractivity contribution in [2.75, 3.05) is 30.8 Å². The normalized spacial score (nSPS) is 16.1. The minimum absolute atomic E-state index is 0.0723. The van der Waals surface area contributed by atoms with Crippen LogP contribution in [0.2, 0.25) is 0 Å². The molecule has 3 amide bonds. The van der Waals surface area contributed by atoms with Crippen LogP contribution in [-0.2, 0) is 4.79 Å². The molecule has 2 aromatic heterocycles. The third kappa shape index (κ3) is 7.75. The second-order valence-corrected chi connectivity index (χ2v) is 11.3. The van der Waals surface area contributed by atoms with Crippen LogP contribution in [0.3, 0.4) is 0 Å². The van der Waals surface area contributed by atoms with E-state index in [0.29, 0.717) is 33.4 Å². The molecule has 5 N–H and O–H groups in total. The van der Waals surface area contributed by atoms with E-state index in [1.807, 2.05) is 12.3 Å². The SMILES string of the molecule is [B]C([B])([B])NC(=O)c1nnc(NC(=O)C2CC2)cc1Nc1cccc(-c2ncc(C(=O)NCC3C=CNCC3)s2)c1OC. The van der Waals surface area contributed by atoms with Gasteiger partial charge in [-0.15, -0.1) is 21.5 Å². The van der Waals surface area contributed by atoms with Gasteiger partial charge in [-0.1, -0.05) is 17.4 Å². The molecule has 1 aliphatic carbocycles. The average Bonchev–Trinajstić information content (AvgIpc) is 3.72. The molecule has 3 aromatic rings. The number of aromatic nitrogens is 3. The van der Waals surface area contributed by atoms with Crippen molar-refractivity contribution in [3.63, 3.8) is 0 Å². The Bertz CT molecular complexity index is 1560. The minimum atomic E-state index is -2.01. The summed E-state index contributed by atoms with van der Waals surface area (Å²) in [5.41, 5.74) is 1.04. The minimum Gasteiger partial charge on any atom is -0.494 e. The van der Waals surface area contributed by atoms with E-state index in [1.165, 1.54) is 30.7 Å². The van der Waals surface area contributed by atoms with Gasteiger partial charge in [-0.2, -0.15) is 0 Å². The summed E-state index contributed by atoms with van der Waals surface area (Å²) >= 11 is 1.22. The Kier molecular flexibility index (Phi) is 9.04.